The van der Waals surface area contributed by atoms with Crippen LogP contribution in [0.2, 0.25) is 10.2 Å². The summed E-state index contributed by atoms with van der Waals surface area (Å²) in [5, 5.41) is 10.2. The molecule has 29 heavy (non-hydrogen) atoms. The van der Waals surface area contributed by atoms with Gasteiger partial charge >= 0.3 is 0 Å². The van der Waals surface area contributed by atoms with Gasteiger partial charge in [0.05, 0.1) is 17.3 Å². The number of aromatic nitrogens is 1. The van der Waals surface area contributed by atoms with Crippen molar-refractivity contribution in [1.82, 2.24) is 15.6 Å². The predicted molar refractivity (Wildman–Crippen MR) is 132 cm³/mol. The highest BCUT2D eigenvalue weighted by Crippen LogP contribution is 2.22. The van der Waals surface area contributed by atoms with Crippen LogP contribution >= 0.6 is 47.2 Å². The smallest absolute Gasteiger partial charge is 0.226 e. The third kappa shape index (κ3) is 9.64. The van der Waals surface area contributed by atoms with Gasteiger partial charge in [-0.15, -0.1) is 24.0 Å². The first-order valence-electron chi connectivity index (χ1n) is 9.16. The van der Waals surface area contributed by atoms with E-state index in [1.165, 1.54) is 0 Å². The van der Waals surface area contributed by atoms with Crippen molar-refractivity contribution in [3.63, 3.8) is 0 Å². The number of carbonyl (C=O) groups excluding carboxylic acids is 1. The molecule has 0 aliphatic rings. The predicted octanol–water partition coefficient (Wildman–Crippen LogP) is 4.44. The van der Waals surface area contributed by atoms with Crippen LogP contribution in [0.25, 0.3) is 0 Å². The maximum absolute atomic E-state index is 12.1. The summed E-state index contributed by atoms with van der Waals surface area (Å²) in [5.74, 6) is 0.545. The first-order chi connectivity index (χ1) is 13.5. The van der Waals surface area contributed by atoms with Crippen LogP contribution in [0, 0.1) is 6.92 Å². The second-order valence-corrected chi connectivity index (χ2v) is 7.00. The Labute approximate surface area is 198 Å². The summed E-state index contributed by atoms with van der Waals surface area (Å²) in [6.07, 6.45) is 2.82. The molecule has 0 saturated carbocycles. The van der Waals surface area contributed by atoms with Crippen LogP contribution in [0.1, 0.15) is 24.5 Å². The number of hydrogen-bond donors (Lipinski definition) is 3. The number of aliphatic imine (C=N–C) groups is 1. The Hall–Kier alpha value is -1.58. The molecule has 0 unspecified atom stereocenters. The first kappa shape index (κ1) is 25.5. The molecule has 2 rings (SSSR count). The van der Waals surface area contributed by atoms with Gasteiger partial charge in [-0.3, -0.25) is 9.79 Å². The van der Waals surface area contributed by atoms with Crippen LogP contribution in [0.5, 0.6) is 0 Å². The van der Waals surface area contributed by atoms with Crippen molar-refractivity contribution >= 4 is 64.7 Å². The SMILES string of the molecule is CCNC(=NCCC(=O)Nc1ccc(C)cc1Cl)NCCc1ccc(Cl)nc1.I. The molecule has 2 aromatic rings. The number of guanidine groups is 1. The van der Waals surface area contributed by atoms with Gasteiger partial charge in [-0.25, -0.2) is 4.98 Å². The van der Waals surface area contributed by atoms with Crippen LogP contribution in [-0.4, -0.2) is 36.5 Å². The monoisotopic (exact) mass is 549 g/mol. The topological polar surface area (TPSA) is 78.4 Å². The number of amides is 1. The third-order valence-corrected chi connectivity index (χ3v) is 4.38. The third-order valence-electron chi connectivity index (χ3n) is 3.85. The molecule has 0 radical (unpaired) electrons. The van der Waals surface area contributed by atoms with Crippen LogP contribution < -0.4 is 16.0 Å². The number of anilines is 1. The van der Waals surface area contributed by atoms with Gasteiger partial charge < -0.3 is 16.0 Å². The summed E-state index contributed by atoms with van der Waals surface area (Å²) < 4.78 is 0. The number of carbonyl (C=O) groups is 1. The van der Waals surface area contributed by atoms with E-state index in [0.29, 0.717) is 34.9 Å². The standard InChI is InChI=1S/C20H25Cl2N5O.HI/c1-3-23-20(24-10-8-15-5-7-18(22)26-13-15)25-11-9-19(28)27-17-6-4-14(2)12-16(17)21;/h4-7,12-13H,3,8-11H2,1-2H3,(H,27,28)(H2,23,24,25);1H. The Morgan fingerprint density at radius 3 is 2.62 bits per heavy atom. The van der Waals surface area contributed by atoms with E-state index in [1.807, 2.05) is 32.0 Å². The minimum absolute atomic E-state index is 0. The number of rotatable bonds is 8. The van der Waals surface area contributed by atoms with E-state index in [4.69, 9.17) is 23.2 Å². The maximum atomic E-state index is 12.1. The van der Waals surface area contributed by atoms with Crippen LogP contribution in [0.4, 0.5) is 5.69 Å². The molecular formula is C20H26Cl2IN5O. The van der Waals surface area contributed by atoms with E-state index in [2.05, 4.69) is 25.9 Å². The van der Waals surface area contributed by atoms with Crippen molar-refractivity contribution < 1.29 is 4.79 Å². The van der Waals surface area contributed by atoms with Gasteiger partial charge in [0.25, 0.3) is 0 Å². The van der Waals surface area contributed by atoms with Gasteiger partial charge in [-0.2, -0.15) is 0 Å². The van der Waals surface area contributed by atoms with Gasteiger partial charge in [-0.1, -0.05) is 35.3 Å². The molecule has 0 atom stereocenters. The van der Waals surface area contributed by atoms with Crippen molar-refractivity contribution in [3.05, 3.63) is 57.8 Å². The largest absolute Gasteiger partial charge is 0.357 e. The molecule has 1 aromatic heterocycles. The number of halogens is 3. The number of benzene rings is 1. The second-order valence-electron chi connectivity index (χ2n) is 6.21. The summed E-state index contributed by atoms with van der Waals surface area (Å²) >= 11 is 11.9. The number of hydrogen-bond acceptors (Lipinski definition) is 3. The summed E-state index contributed by atoms with van der Waals surface area (Å²) in [4.78, 5) is 20.6. The van der Waals surface area contributed by atoms with Crippen molar-refractivity contribution in [1.29, 1.82) is 0 Å². The highest BCUT2D eigenvalue weighted by molar-refractivity contribution is 14.0. The molecule has 0 spiro atoms. The number of aryl methyl sites for hydroxylation is 1. The number of pyridine rings is 1. The van der Waals surface area contributed by atoms with Gasteiger partial charge in [0.2, 0.25) is 5.91 Å². The van der Waals surface area contributed by atoms with E-state index >= 15 is 0 Å². The first-order valence-corrected chi connectivity index (χ1v) is 9.92. The Morgan fingerprint density at radius 1 is 1.17 bits per heavy atom. The molecular weight excluding hydrogens is 524 g/mol. The highest BCUT2D eigenvalue weighted by Gasteiger charge is 2.06. The zero-order valence-corrected chi connectivity index (χ0v) is 20.3. The zero-order chi connectivity index (χ0) is 20.4. The molecule has 158 valence electrons. The molecule has 0 fully saturated rings. The van der Waals surface area contributed by atoms with Crippen LogP contribution in [0.3, 0.4) is 0 Å². The van der Waals surface area contributed by atoms with Crippen molar-refractivity contribution in [2.45, 2.75) is 26.7 Å². The number of nitrogens with one attached hydrogen (secondary N) is 3. The maximum Gasteiger partial charge on any atom is 0.226 e. The average Bonchev–Trinajstić information content (AvgIpc) is 2.65. The van der Waals surface area contributed by atoms with Gasteiger partial charge in [0, 0.05) is 25.7 Å². The minimum Gasteiger partial charge on any atom is -0.357 e. The van der Waals surface area contributed by atoms with E-state index in [1.54, 1.807) is 18.3 Å². The Kier molecular flexibility index (Phi) is 11.9. The van der Waals surface area contributed by atoms with Gasteiger partial charge in [0.1, 0.15) is 5.15 Å². The molecule has 0 aliphatic carbocycles. The normalized spacial score (nSPS) is 10.8. The molecule has 1 amide bonds. The van der Waals surface area contributed by atoms with Crippen molar-refractivity contribution in [3.8, 4) is 0 Å². The molecule has 1 heterocycles. The summed E-state index contributed by atoms with van der Waals surface area (Å²) in [6, 6.07) is 9.24. The lowest BCUT2D eigenvalue weighted by Gasteiger charge is -2.11. The molecule has 3 N–H and O–H groups in total. The molecule has 9 heteroatoms. The Balaban J connectivity index is 0.00000420. The average molecular weight is 550 g/mol. The lowest BCUT2D eigenvalue weighted by Crippen LogP contribution is -2.38. The van der Waals surface area contributed by atoms with E-state index in [0.717, 1.165) is 24.1 Å². The quantitative estimate of drug-likeness (QED) is 0.197. The highest BCUT2D eigenvalue weighted by atomic mass is 127. The Morgan fingerprint density at radius 2 is 1.97 bits per heavy atom. The molecule has 0 aliphatic heterocycles. The summed E-state index contributed by atoms with van der Waals surface area (Å²) in [7, 11) is 0. The minimum atomic E-state index is -0.127. The zero-order valence-electron chi connectivity index (χ0n) is 16.5. The second kappa shape index (κ2) is 13.6. The lowest BCUT2D eigenvalue weighted by molar-refractivity contribution is -0.116. The fourth-order valence-electron chi connectivity index (χ4n) is 2.42. The summed E-state index contributed by atoms with van der Waals surface area (Å²) in [6.45, 7) is 5.74. The Bertz CT molecular complexity index is 815. The van der Waals surface area contributed by atoms with E-state index in [-0.39, 0.29) is 36.3 Å². The lowest BCUT2D eigenvalue weighted by atomic mass is 10.2. The fourth-order valence-corrected chi connectivity index (χ4v) is 2.82. The van der Waals surface area contributed by atoms with Gasteiger partial charge in [-0.05, 0) is 49.6 Å². The van der Waals surface area contributed by atoms with E-state index in [9.17, 15) is 4.79 Å². The molecule has 6 nitrogen and oxygen atoms in total. The van der Waals surface area contributed by atoms with E-state index < -0.39 is 0 Å². The molecule has 0 bridgehead atoms. The fraction of sp³-hybridized carbons (Fsp3) is 0.350. The van der Waals surface area contributed by atoms with Gasteiger partial charge in [0.15, 0.2) is 5.96 Å². The van der Waals surface area contributed by atoms with Crippen LogP contribution in [0.15, 0.2) is 41.5 Å². The molecule has 0 saturated heterocycles. The molecule has 1 aromatic carbocycles. The van der Waals surface area contributed by atoms with Crippen molar-refractivity contribution in [2.24, 2.45) is 4.99 Å². The number of nitrogens with zero attached hydrogens (tertiary/aromatic N) is 2. The van der Waals surface area contributed by atoms with Crippen molar-refractivity contribution in [2.75, 3.05) is 25.0 Å². The van der Waals surface area contributed by atoms with Crippen LogP contribution in [-0.2, 0) is 11.2 Å². The summed E-state index contributed by atoms with van der Waals surface area (Å²) in [5.41, 5.74) is 2.74.